The highest BCUT2D eigenvalue weighted by atomic mass is 16.5. The second kappa shape index (κ2) is 7.09. The molecule has 3 rings (SSSR count). The van der Waals surface area contributed by atoms with Crippen LogP contribution in [0, 0.1) is 6.92 Å². The Labute approximate surface area is 135 Å². The number of likely N-dealkylation sites (tertiary alicyclic amines) is 1. The number of benzene rings is 1. The molecule has 0 bridgehead atoms. The number of nitrogens with zero attached hydrogens (tertiary/aromatic N) is 3. The van der Waals surface area contributed by atoms with Gasteiger partial charge < -0.3 is 15.0 Å². The molecule has 23 heavy (non-hydrogen) atoms. The lowest BCUT2D eigenvalue weighted by atomic mass is 10.1. The van der Waals surface area contributed by atoms with Crippen LogP contribution in [0.15, 0.2) is 42.7 Å². The zero-order valence-electron chi connectivity index (χ0n) is 13.1. The van der Waals surface area contributed by atoms with E-state index in [0.29, 0.717) is 12.6 Å². The number of aryl methyl sites for hydroxylation is 1. The maximum absolute atomic E-state index is 12.4. The second-order valence-electron chi connectivity index (χ2n) is 5.66. The van der Waals surface area contributed by atoms with E-state index in [0.717, 1.165) is 30.6 Å². The Hall–Kier alpha value is -2.63. The third kappa shape index (κ3) is 4.18. The molecule has 6 nitrogen and oxygen atoms in total. The van der Waals surface area contributed by atoms with Gasteiger partial charge in [-0.25, -0.2) is 14.8 Å². The number of urea groups is 1. The fraction of sp³-hybridized carbons (Fsp3) is 0.353. The van der Waals surface area contributed by atoms with Gasteiger partial charge in [0.1, 0.15) is 6.10 Å². The van der Waals surface area contributed by atoms with E-state index < -0.39 is 0 Å². The first-order valence-corrected chi connectivity index (χ1v) is 7.77. The van der Waals surface area contributed by atoms with Crippen LogP contribution in [0.3, 0.4) is 0 Å². The molecular weight excluding hydrogens is 292 g/mol. The minimum absolute atomic E-state index is 0.0742. The van der Waals surface area contributed by atoms with E-state index in [1.165, 1.54) is 0 Å². The van der Waals surface area contributed by atoms with Gasteiger partial charge in [-0.05, 0) is 38.0 Å². The average molecular weight is 312 g/mol. The second-order valence-corrected chi connectivity index (χ2v) is 5.66. The number of amides is 2. The molecule has 6 heteroatoms. The molecule has 1 aromatic heterocycles. The molecule has 1 unspecified atom stereocenters. The molecule has 120 valence electrons. The highest BCUT2D eigenvalue weighted by Gasteiger charge is 2.25. The molecule has 0 spiro atoms. The number of rotatable bonds is 3. The number of carbonyl (C=O) groups is 1. The van der Waals surface area contributed by atoms with Gasteiger partial charge >= 0.3 is 12.0 Å². The van der Waals surface area contributed by atoms with Crippen molar-refractivity contribution in [1.29, 1.82) is 0 Å². The van der Waals surface area contributed by atoms with Crippen LogP contribution < -0.4 is 10.1 Å². The van der Waals surface area contributed by atoms with E-state index in [9.17, 15) is 4.79 Å². The smallest absolute Gasteiger partial charge is 0.321 e. The maximum atomic E-state index is 12.4. The number of anilines is 1. The van der Waals surface area contributed by atoms with Crippen LogP contribution in [0.1, 0.15) is 18.4 Å². The van der Waals surface area contributed by atoms with E-state index in [4.69, 9.17) is 4.74 Å². The molecule has 0 radical (unpaired) electrons. The Morgan fingerprint density at radius 3 is 2.74 bits per heavy atom. The molecule has 1 saturated heterocycles. The quantitative estimate of drug-likeness (QED) is 0.946. The number of carbonyl (C=O) groups excluding carboxylic acids is 1. The topological polar surface area (TPSA) is 67.4 Å². The van der Waals surface area contributed by atoms with E-state index in [1.807, 2.05) is 31.2 Å². The molecule has 0 saturated carbocycles. The number of nitrogens with one attached hydrogen (secondary N) is 1. The fourth-order valence-corrected chi connectivity index (χ4v) is 2.55. The van der Waals surface area contributed by atoms with Crippen molar-refractivity contribution in [2.24, 2.45) is 0 Å². The van der Waals surface area contributed by atoms with Crippen LogP contribution >= 0.6 is 0 Å². The molecule has 1 aliphatic rings. The predicted octanol–water partition coefficient (Wildman–Crippen LogP) is 2.86. The summed E-state index contributed by atoms with van der Waals surface area (Å²) < 4.78 is 5.76. The Morgan fingerprint density at radius 1 is 1.26 bits per heavy atom. The minimum atomic E-state index is -0.101. The minimum Gasteiger partial charge on any atom is -0.458 e. The molecule has 1 N–H and O–H groups in total. The first-order valence-electron chi connectivity index (χ1n) is 7.77. The highest BCUT2D eigenvalue weighted by molar-refractivity contribution is 5.89. The molecule has 0 aliphatic carbocycles. The molecule has 1 atom stereocenters. The Bertz CT molecular complexity index is 645. The lowest BCUT2D eigenvalue weighted by molar-refractivity contribution is 0.0983. The van der Waals surface area contributed by atoms with Gasteiger partial charge in [0, 0.05) is 24.6 Å². The zero-order chi connectivity index (χ0) is 16.1. The summed E-state index contributed by atoms with van der Waals surface area (Å²) in [4.78, 5) is 22.3. The van der Waals surface area contributed by atoms with Crippen molar-refractivity contribution in [2.75, 3.05) is 18.4 Å². The number of hydrogen-bond acceptors (Lipinski definition) is 4. The monoisotopic (exact) mass is 312 g/mol. The molecule has 1 aromatic carbocycles. The van der Waals surface area contributed by atoms with Crippen molar-refractivity contribution in [3.8, 4) is 6.01 Å². The molecule has 2 aromatic rings. The SMILES string of the molecule is Cc1ccc(NC(=O)N2CCCC(Oc3ncccn3)C2)cc1. The highest BCUT2D eigenvalue weighted by Crippen LogP contribution is 2.17. The van der Waals surface area contributed by atoms with Crippen molar-refractivity contribution < 1.29 is 9.53 Å². The molecule has 1 aliphatic heterocycles. The Balaban J connectivity index is 1.57. The molecule has 2 amide bonds. The largest absolute Gasteiger partial charge is 0.458 e. The normalized spacial score (nSPS) is 17.6. The van der Waals surface area contributed by atoms with Crippen molar-refractivity contribution in [3.63, 3.8) is 0 Å². The summed E-state index contributed by atoms with van der Waals surface area (Å²) in [5.41, 5.74) is 1.97. The molecule has 1 fully saturated rings. The van der Waals surface area contributed by atoms with Crippen LogP contribution in [0.4, 0.5) is 10.5 Å². The van der Waals surface area contributed by atoms with Crippen molar-refractivity contribution in [1.82, 2.24) is 14.9 Å². The van der Waals surface area contributed by atoms with Gasteiger partial charge in [0.25, 0.3) is 0 Å². The van der Waals surface area contributed by atoms with Gasteiger partial charge in [0.15, 0.2) is 0 Å². The number of aromatic nitrogens is 2. The van der Waals surface area contributed by atoms with Gasteiger partial charge in [-0.1, -0.05) is 17.7 Å². The van der Waals surface area contributed by atoms with Crippen LogP contribution in [-0.4, -0.2) is 40.1 Å². The van der Waals surface area contributed by atoms with Crippen LogP contribution in [0.5, 0.6) is 6.01 Å². The third-order valence-electron chi connectivity index (χ3n) is 3.78. The molecular formula is C17H20N4O2. The zero-order valence-corrected chi connectivity index (χ0v) is 13.1. The van der Waals surface area contributed by atoms with E-state index in [-0.39, 0.29) is 12.1 Å². The van der Waals surface area contributed by atoms with Gasteiger partial charge in [-0.15, -0.1) is 0 Å². The number of piperidine rings is 1. The molecule has 2 heterocycles. The summed E-state index contributed by atoms with van der Waals surface area (Å²) in [5.74, 6) is 0. The van der Waals surface area contributed by atoms with Gasteiger partial charge in [-0.2, -0.15) is 0 Å². The van der Waals surface area contributed by atoms with Gasteiger partial charge in [-0.3, -0.25) is 0 Å². The van der Waals surface area contributed by atoms with E-state index in [1.54, 1.807) is 23.4 Å². The van der Waals surface area contributed by atoms with Crippen molar-refractivity contribution in [3.05, 3.63) is 48.3 Å². The summed E-state index contributed by atoms with van der Waals surface area (Å²) in [6.45, 7) is 3.28. The standard InChI is InChI=1S/C17H20N4O2/c1-13-5-7-14(8-6-13)20-17(22)21-11-2-4-15(12-21)23-16-18-9-3-10-19-16/h3,5-10,15H,2,4,11-12H2,1H3,(H,20,22). The average Bonchev–Trinajstić information content (AvgIpc) is 2.58. The first-order chi connectivity index (χ1) is 11.2. The summed E-state index contributed by atoms with van der Waals surface area (Å²) in [7, 11) is 0. The van der Waals surface area contributed by atoms with Gasteiger partial charge in [0.05, 0.1) is 6.54 Å². The summed E-state index contributed by atoms with van der Waals surface area (Å²) >= 11 is 0. The summed E-state index contributed by atoms with van der Waals surface area (Å²) in [6.07, 6.45) is 5.01. The third-order valence-corrected chi connectivity index (χ3v) is 3.78. The lowest BCUT2D eigenvalue weighted by Gasteiger charge is -2.32. The fourth-order valence-electron chi connectivity index (χ4n) is 2.55. The van der Waals surface area contributed by atoms with Gasteiger partial charge in [0.2, 0.25) is 0 Å². The van der Waals surface area contributed by atoms with E-state index >= 15 is 0 Å². The Morgan fingerprint density at radius 2 is 2.00 bits per heavy atom. The van der Waals surface area contributed by atoms with Crippen LogP contribution in [-0.2, 0) is 0 Å². The maximum Gasteiger partial charge on any atom is 0.321 e. The van der Waals surface area contributed by atoms with Crippen molar-refractivity contribution >= 4 is 11.7 Å². The van der Waals surface area contributed by atoms with Crippen LogP contribution in [0.25, 0.3) is 0 Å². The van der Waals surface area contributed by atoms with Crippen LogP contribution in [0.2, 0.25) is 0 Å². The summed E-state index contributed by atoms with van der Waals surface area (Å²) in [6, 6.07) is 9.77. The number of hydrogen-bond donors (Lipinski definition) is 1. The predicted molar refractivity (Wildman–Crippen MR) is 87.5 cm³/mol. The lowest BCUT2D eigenvalue weighted by Crippen LogP contribution is -2.46. The first kappa shape index (κ1) is 15.3. The summed E-state index contributed by atoms with van der Waals surface area (Å²) in [5, 5.41) is 2.92. The van der Waals surface area contributed by atoms with E-state index in [2.05, 4.69) is 15.3 Å². The number of ether oxygens (including phenoxy) is 1. The Kier molecular flexibility index (Phi) is 4.71. The van der Waals surface area contributed by atoms with Crippen molar-refractivity contribution in [2.45, 2.75) is 25.9 Å².